The van der Waals surface area contributed by atoms with Gasteiger partial charge >= 0.3 is 0 Å². The van der Waals surface area contributed by atoms with Gasteiger partial charge in [0.15, 0.2) is 0 Å². The van der Waals surface area contributed by atoms with Crippen LogP contribution in [0.25, 0.3) is 0 Å². The number of aliphatic hydroxyl groups is 1. The molecule has 2 unspecified atom stereocenters. The molecular weight excluding hydrogens is 156 g/mol. The van der Waals surface area contributed by atoms with Gasteiger partial charge in [0, 0.05) is 0 Å². The number of rotatable bonds is 6. The molecule has 1 N–H and O–H groups in total. The second-order valence-electron chi connectivity index (χ2n) is 2.80. The van der Waals surface area contributed by atoms with Gasteiger partial charge in [-0.05, 0) is 20.8 Å². The van der Waals surface area contributed by atoms with Crippen molar-refractivity contribution in [2.45, 2.75) is 33.0 Å². The summed E-state index contributed by atoms with van der Waals surface area (Å²) in [5, 5.41) is 8.89. The highest BCUT2D eigenvalue weighted by Gasteiger charge is 2.03. The van der Waals surface area contributed by atoms with Gasteiger partial charge in [0.25, 0.3) is 0 Å². The summed E-state index contributed by atoms with van der Waals surface area (Å²) < 4.78 is 10.3. The van der Waals surface area contributed by atoms with Crippen LogP contribution in [0.4, 0.5) is 0 Å². The van der Waals surface area contributed by atoms with E-state index in [2.05, 4.69) is 0 Å². The number of hydrogen-bond donors (Lipinski definition) is 1. The van der Waals surface area contributed by atoms with Crippen molar-refractivity contribution in [3.63, 3.8) is 0 Å². The average molecular weight is 174 g/mol. The third-order valence-electron chi connectivity index (χ3n) is 1.19. The summed E-state index contributed by atoms with van der Waals surface area (Å²) in [4.78, 5) is 0. The van der Waals surface area contributed by atoms with Crippen molar-refractivity contribution in [2.75, 3.05) is 13.2 Å². The highest BCUT2D eigenvalue weighted by atomic mass is 16.5. The highest BCUT2D eigenvalue weighted by Crippen LogP contribution is 1.94. The van der Waals surface area contributed by atoms with Crippen molar-refractivity contribution in [3.8, 4) is 0 Å². The van der Waals surface area contributed by atoms with Gasteiger partial charge in [-0.3, -0.25) is 0 Å². The molecule has 0 aromatic carbocycles. The van der Waals surface area contributed by atoms with E-state index >= 15 is 0 Å². The minimum Gasteiger partial charge on any atom is -0.499 e. The molecule has 3 nitrogen and oxygen atoms in total. The van der Waals surface area contributed by atoms with Crippen molar-refractivity contribution < 1.29 is 14.6 Å². The monoisotopic (exact) mass is 174 g/mol. The van der Waals surface area contributed by atoms with Gasteiger partial charge in [-0.25, -0.2) is 0 Å². The molecule has 0 radical (unpaired) electrons. The molecule has 0 aliphatic heterocycles. The molecule has 0 aliphatic carbocycles. The first kappa shape index (κ1) is 11.5. The minimum atomic E-state index is -0.408. The molecule has 0 aromatic heterocycles. The fourth-order valence-corrected chi connectivity index (χ4v) is 0.639. The van der Waals surface area contributed by atoms with Gasteiger partial charge in [0.05, 0.1) is 25.1 Å². The van der Waals surface area contributed by atoms with Crippen LogP contribution < -0.4 is 0 Å². The minimum absolute atomic E-state index is 0.0239. The summed E-state index contributed by atoms with van der Waals surface area (Å²) in [5.74, 6) is 0. The van der Waals surface area contributed by atoms with Gasteiger partial charge in [-0.15, -0.1) is 0 Å². The molecule has 0 spiro atoms. The van der Waals surface area contributed by atoms with Gasteiger partial charge < -0.3 is 14.6 Å². The van der Waals surface area contributed by atoms with E-state index in [0.29, 0.717) is 13.2 Å². The zero-order valence-corrected chi connectivity index (χ0v) is 7.99. The lowest BCUT2D eigenvalue weighted by molar-refractivity contribution is -0.0205. The van der Waals surface area contributed by atoms with Crippen LogP contribution in [0.5, 0.6) is 0 Å². The fourth-order valence-electron chi connectivity index (χ4n) is 0.639. The Balaban J connectivity index is 3.27. The first-order valence-electron chi connectivity index (χ1n) is 4.19. The molecule has 0 rings (SSSR count). The molecule has 0 fully saturated rings. The molecule has 72 valence electrons. The molecule has 0 saturated carbocycles. The van der Waals surface area contributed by atoms with Crippen LogP contribution in [-0.2, 0) is 9.47 Å². The van der Waals surface area contributed by atoms with E-state index in [-0.39, 0.29) is 6.10 Å². The smallest absolute Gasteiger partial charge is 0.113 e. The lowest BCUT2D eigenvalue weighted by Gasteiger charge is -2.13. The summed E-state index contributed by atoms with van der Waals surface area (Å²) in [7, 11) is 0. The molecule has 0 amide bonds. The first-order valence-corrected chi connectivity index (χ1v) is 4.19. The normalized spacial score (nSPS) is 16.3. The molecule has 0 saturated heterocycles. The fraction of sp³-hybridized carbons (Fsp3) is 0.778. The maximum Gasteiger partial charge on any atom is 0.113 e. The topological polar surface area (TPSA) is 38.7 Å². The summed E-state index contributed by atoms with van der Waals surface area (Å²) in [6.07, 6.45) is 3.06. The van der Waals surface area contributed by atoms with Crippen molar-refractivity contribution in [1.29, 1.82) is 0 Å². The number of ether oxygens (including phenoxy) is 2. The molecule has 0 bridgehead atoms. The number of aliphatic hydroxyl groups excluding tert-OH is 1. The number of allylic oxidation sites excluding steroid dienone is 1. The van der Waals surface area contributed by atoms with Crippen molar-refractivity contribution in [3.05, 3.63) is 12.3 Å². The quantitative estimate of drug-likeness (QED) is 0.617. The van der Waals surface area contributed by atoms with E-state index in [4.69, 9.17) is 14.6 Å². The molecule has 0 aliphatic rings. The van der Waals surface area contributed by atoms with Crippen molar-refractivity contribution in [1.82, 2.24) is 0 Å². The maximum absolute atomic E-state index is 8.89. The van der Waals surface area contributed by atoms with Gasteiger partial charge in [0.1, 0.15) is 6.61 Å². The second kappa shape index (κ2) is 7.13. The van der Waals surface area contributed by atoms with E-state index in [1.165, 1.54) is 0 Å². The van der Waals surface area contributed by atoms with E-state index in [0.717, 1.165) is 0 Å². The highest BCUT2D eigenvalue weighted by molar-refractivity contribution is 4.66. The van der Waals surface area contributed by atoms with Crippen molar-refractivity contribution in [2.24, 2.45) is 0 Å². The molecule has 3 heteroatoms. The van der Waals surface area contributed by atoms with E-state index in [9.17, 15) is 0 Å². The summed E-state index contributed by atoms with van der Waals surface area (Å²) >= 11 is 0. The van der Waals surface area contributed by atoms with Gasteiger partial charge in [-0.1, -0.05) is 6.08 Å². The molecular formula is C9H18O3. The first-order chi connectivity index (χ1) is 5.66. The van der Waals surface area contributed by atoms with Crippen LogP contribution in [0.1, 0.15) is 20.8 Å². The maximum atomic E-state index is 8.89. The molecule has 12 heavy (non-hydrogen) atoms. The Bertz CT molecular complexity index is 121. The largest absolute Gasteiger partial charge is 0.499 e. The molecule has 0 aromatic rings. The van der Waals surface area contributed by atoms with Crippen molar-refractivity contribution >= 4 is 0 Å². The van der Waals surface area contributed by atoms with Crippen LogP contribution in [0.2, 0.25) is 0 Å². The van der Waals surface area contributed by atoms with E-state index < -0.39 is 6.10 Å². The van der Waals surface area contributed by atoms with E-state index in [1.54, 1.807) is 13.2 Å². The number of hydrogen-bond acceptors (Lipinski definition) is 3. The molecule has 2 atom stereocenters. The predicted octanol–water partition coefficient (Wildman–Crippen LogP) is 1.32. The molecule has 0 heterocycles. The predicted molar refractivity (Wildman–Crippen MR) is 47.9 cm³/mol. The Kier molecular flexibility index (Phi) is 6.81. The zero-order valence-electron chi connectivity index (χ0n) is 7.99. The van der Waals surface area contributed by atoms with Crippen LogP contribution >= 0.6 is 0 Å². The average Bonchev–Trinajstić information content (AvgIpc) is 2.01. The Hall–Kier alpha value is -0.540. The third kappa shape index (κ3) is 7.57. The Morgan fingerprint density at radius 2 is 2.00 bits per heavy atom. The summed E-state index contributed by atoms with van der Waals surface area (Å²) in [6.45, 7) is 6.38. The second-order valence-corrected chi connectivity index (χ2v) is 2.80. The lowest BCUT2D eigenvalue weighted by Crippen LogP contribution is -2.20. The zero-order chi connectivity index (χ0) is 9.40. The van der Waals surface area contributed by atoms with Crippen LogP contribution in [-0.4, -0.2) is 30.5 Å². The SMILES string of the molecule is CC=COCC(C)OCC(C)O. The van der Waals surface area contributed by atoms with E-state index in [1.807, 2.05) is 19.9 Å². The standard InChI is InChI=1S/C9H18O3/c1-4-5-11-7-9(3)12-6-8(2)10/h4-5,8-10H,6-7H2,1-3H3. The Labute approximate surface area is 74.0 Å². The summed E-state index contributed by atoms with van der Waals surface area (Å²) in [5.41, 5.74) is 0. The Morgan fingerprint density at radius 3 is 2.50 bits per heavy atom. The summed E-state index contributed by atoms with van der Waals surface area (Å²) in [6, 6.07) is 0. The van der Waals surface area contributed by atoms with Gasteiger partial charge in [-0.2, -0.15) is 0 Å². The van der Waals surface area contributed by atoms with Gasteiger partial charge in [0.2, 0.25) is 0 Å². The van der Waals surface area contributed by atoms with Crippen LogP contribution in [0.15, 0.2) is 12.3 Å². The third-order valence-corrected chi connectivity index (χ3v) is 1.19. The van der Waals surface area contributed by atoms with Crippen LogP contribution in [0.3, 0.4) is 0 Å². The van der Waals surface area contributed by atoms with Crippen LogP contribution in [0, 0.1) is 0 Å². The Morgan fingerprint density at radius 1 is 1.33 bits per heavy atom. The lowest BCUT2D eigenvalue weighted by atomic mass is 10.4.